The second kappa shape index (κ2) is 7.28. The van der Waals surface area contributed by atoms with Crippen LogP contribution in [0.15, 0.2) is 29.4 Å². The molecule has 1 aromatic rings. The fourth-order valence-electron chi connectivity index (χ4n) is 1.27. The van der Waals surface area contributed by atoms with Gasteiger partial charge in [-0.2, -0.15) is 5.10 Å². The van der Waals surface area contributed by atoms with Crippen molar-refractivity contribution in [2.75, 3.05) is 6.61 Å². The number of carbonyl (C=O) groups is 2. The van der Waals surface area contributed by atoms with E-state index >= 15 is 0 Å². The van der Waals surface area contributed by atoms with E-state index in [4.69, 9.17) is 15.2 Å². The van der Waals surface area contributed by atoms with Crippen LogP contribution in [0.3, 0.4) is 0 Å². The van der Waals surface area contributed by atoms with E-state index in [1.165, 1.54) is 6.21 Å². The fraction of sp³-hybridized carbons (Fsp3) is 0.357. The van der Waals surface area contributed by atoms with E-state index < -0.39 is 17.6 Å². The van der Waals surface area contributed by atoms with Crippen LogP contribution in [0.4, 0.5) is 4.79 Å². The molecular weight excluding hydrogens is 274 g/mol. The molecule has 7 nitrogen and oxygen atoms in total. The topological polar surface area (TPSA) is 103 Å². The maximum atomic E-state index is 11.3. The number of carbonyl (C=O) groups excluding carboxylic acids is 2. The number of nitrogens with zero attached hydrogens (tertiary/aromatic N) is 1. The van der Waals surface area contributed by atoms with E-state index in [0.717, 1.165) is 5.56 Å². The van der Waals surface area contributed by atoms with E-state index in [0.29, 0.717) is 5.75 Å². The van der Waals surface area contributed by atoms with Crippen molar-refractivity contribution < 1.29 is 19.1 Å². The second-order valence-corrected chi connectivity index (χ2v) is 5.20. The van der Waals surface area contributed by atoms with Crippen molar-refractivity contribution >= 4 is 18.2 Å². The van der Waals surface area contributed by atoms with Gasteiger partial charge < -0.3 is 15.2 Å². The van der Waals surface area contributed by atoms with Crippen LogP contribution in [-0.4, -0.2) is 30.4 Å². The number of benzene rings is 1. The molecule has 0 aliphatic rings. The van der Waals surface area contributed by atoms with Crippen LogP contribution >= 0.6 is 0 Å². The Labute approximate surface area is 123 Å². The molecule has 0 atom stereocenters. The van der Waals surface area contributed by atoms with Gasteiger partial charge in [-0.25, -0.2) is 10.2 Å². The predicted molar refractivity (Wildman–Crippen MR) is 78.1 cm³/mol. The molecule has 0 radical (unpaired) electrons. The minimum atomic E-state index is -0.625. The molecule has 0 aromatic heterocycles. The Balaban J connectivity index is 2.46. The fourth-order valence-corrected chi connectivity index (χ4v) is 1.27. The minimum absolute atomic E-state index is 0.173. The third kappa shape index (κ3) is 7.56. The molecule has 0 aliphatic heterocycles. The van der Waals surface area contributed by atoms with Crippen molar-refractivity contribution in [3.05, 3.63) is 29.8 Å². The van der Waals surface area contributed by atoms with Crippen molar-refractivity contribution in [2.24, 2.45) is 10.8 Å². The highest BCUT2D eigenvalue weighted by Gasteiger charge is 2.15. The molecule has 0 unspecified atom stereocenters. The van der Waals surface area contributed by atoms with Crippen molar-refractivity contribution in [3.8, 4) is 5.75 Å². The Hall–Kier alpha value is -2.57. The summed E-state index contributed by atoms with van der Waals surface area (Å²) in [6.07, 6.45) is 0.835. The number of hydrazone groups is 1. The molecule has 0 saturated carbocycles. The maximum Gasteiger partial charge on any atom is 0.428 e. The first kappa shape index (κ1) is 16.5. The van der Waals surface area contributed by atoms with Gasteiger partial charge in [0.2, 0.25) is 0 Å². The molecule has 0 heterocycles. The molecule has 114 valence electrons. The first-order chi connectivity index (χ1) is 9.76. The van der Waals surface area contributed by atoms with Crippen LogP contribution in [-0.2, 0) is 9.53 Å². The van der Waals surface area contributed by atoms with E-state index in [1.54, 1.807) is 45.0 Å². The molecule has 21 heavy (non-hydrogen) atoms. The van der Waals surface area contributed by atoms with Gasteiger partial charge in [0, 0.05) is 0 Å². The summed E-state index contributed by atoms with van der Waals surface area (Å²) in [5, 5.41) is 3.77. The summed E-state index contributed by atoms with van der Waals surface area (Å²) in [5.74, 6) is -0.0201. The molecule has 0 spiro atoms. The first-order valence-electron chi connectivity index (χ1n) is 6.29. The lowest BCUT2D eigenvalue weighted by molar-refractivity contribution is -0.119. The molecular formula is C14H19N3O4. The van der Waals surface area contributed by atoms with Gasteiger partial charge in [-0.1, -0.05) is 0 Å². The summed E-state index contributed by atoms with van der Waals surface area (Å²) in [7, 11) is 0. The summed E-state index contributed by atoms with van der Waals surface area (Å²) >= 11 is 0. The predicted octanol–water partition coefficient (Wildman–Crippen LogP) is 1.41. The largest absolute Gasteiger partial charge is 0.484 e. The van der Waals surface area contributed by atoms with E-state index in [-0.39, 0.29) is 6.61 Å². The Morgan fingerprint density at radius 3 is 2.43 bits per heavy atom. The molecule has 0 saturated heterocycles. The zero-order valence-corrected chi connectivity index (χ0v) is 12.3. The highest BCUT2D eigenvalue weighted by molar-refractivity contribution is 5.81. The third-order valence-electron chi connectivity index (χ3n) is 2.03. The monoisotopic (exact) mass is 293 g/mol. The molecule has 0 aliphatic carbocycles. The number of nitrogens with one attached hydrogen (secondary N) is 1. The van der Waals surface area contributed by atoms with Crippen LogP contribution in [0.1, 0.15) is 26.3 Å². The molecule has 2 amide bonds. The summed E-state index contributed by atoms with van der Waals surface area (Å²) in [4.78, 5) is 21.9. The average molecular weight is 293 g/mol. The summed E-state index contributed by atoms with van der Waals surface area (Å²) in [6, 6.07) is 6.77. The molecule has 7 heteroatoms. The van der Waals surface area contributed by atoms with Gasteiger partial charge in [0.1, 0.15) is 11.4 Å². The number of ether oxygens (including phenoxy) is 2. The van der Waals surface area contributed by atoms with Crippen molar-refractivity contribution in [2.45, 2.75) is 26.4 Å². The van der Waals surface area contributed by atoms with Crippen molar-refractivity contribution in [3.63, 3.8) is 0 Å². The van der Waals surface area contributed by atoms with Crippen LogP contribution in [0.2, 0.25) is 0 Å². The van der Waals surface area contributed by atoms with E-state index in [9.17, 15) is 9.59 Å². The average Bonchev–Trinajstić information content (AvgIpc) is 2.35. The Morgan fingerprint density at radius 1 is 1.29 bits per heavy atom. The Morgan fingerprint density at radius 2 is 1.90 bits per heavy atom. The Kier molecular flexibility index (Phi) is 5.71. The van der Waals surface area contributed by atoms with Gasteiger partial charge in [-0.15, -0.1) is 0 Å². The molecule has 0 bridgehead atoms. The lowest BCUT2D eigenvalue weighted by atomic mass is 10.2. The van der Waals surface area contributed by atoms with Crippen LogP contribution in [0.5, 0.6) is 5.75 Å². The number of primary amides is 1. The molecule has 1 aromatic carbocycles. The first-order valence-corrected chi connectivity index (χ1v) is 6.29. The molecule has 0 fully saturated rings. The van der Waals surface area contributed by atoms with Crippen molar-refractivity contribution in [1.82, 2.24) is 5.43 Å². The van der Waals surface area contributed by atoms with Crippen LogP contribution in [0, 0.1) is 0 Å². The standard InChI is InChI=1S/C14H19N3O4/c1-14(2,3)21-13(19)17-16-8-10-4-6-11(7-5-10)20-9-12(15)18/h4-8H,9H2,1-3H3,(H2,15,18)(H,17,19)/b16-8+. The van der Waals surface area contributed by atoms with Gasteiger partial charge in [0.15, 0.2) is 6.61 Å². The zero-order chi connectivity index (χ0) is 15.9. The van der Waals surface area contributed by atoms with Gasteiger partial charge in [0.05, 0.1) is 6.21 Å². The summed E-state index contributed by atoms with van der Waals surface area (Å²) in [6.45, 7) is 5.12. The highest BCUT2D eigenvalue weighted by Crippen LogP contribution is 2.10. The van der Waals surface area contributed by atoms with Crippen LogP contribution in [0.25, 0.3) is 0 Å². The normalized spacial score (nSPS) is 11.2. The number of rotatable bonds is 5. The minimum Gasteiger partial charge on any atom is -0.484 e. The lowest BCUT2D eigenvalue weighted by Crippen LogP contribution is -2.29. The highest BCUT2D eigenvalue weighted by atomic mass is 16.6. The smallest absolute Gasteiger partial charge is 0.428 e. The Bertz CT molecular complexity index is 518. The van der Waals surface area contributed by atoms with Gasteiger partial charge >= 0.3 is 6.09 Å². The second-order valence-electron chi connectivity index (χ2n) is 5.20. The molecule has 1 rings (SSSR count). The number of nitrogens with two attached hydrogens (primary N) is 1. The number of hydrogen-bond acceptors (Lipinski definition) is 5. The van der Waals surface area contributed by atoms with Gasteiger partial charge in [0.25, 0.3) is 5.91 Å². The maximum absolute atomic E-state index is 11.3. The molecule has 3 N–H and O–H groups in total. The van der Waals surface area contributed by atoms with Crippen molar-refractivity contribution in [1.29, 1.82) is 0 Å². The van der Waals surface area contributed by atoms with E-state index in [2.05, 4.69) is 10.5 Å². The lowest BCUT2D eigenvalue weighted by Gasteiger charge is -2.18. The van der Waals surface area contributed by atoms with Crippen LogP contribution < -0.4 is 15.9 Å². The SMILES string of the molecule is CC(C)(C)OC(=O)N/N=C/c1ccc(OCC(N)=O)cc1. The third-order valence-corrected chi connectivity index (χ3v) is 2.03. The van der Waals surface area contributed by atoms with Gasteiger partial charge in [-0.05, 0) is 50.6 Å². The number of hydrogen-bond donors (Lipinski definition) is 2. The zero-order valence-electron chi connectivity index (χ0n) is 12.3. The van der Waals surface area contributed by atoms with Gasteiger partial charge in [-0.3, -0.25) is 4.79 Å². The summed E-state index contributed by atoms with van der Waals surface area (Å²) < 4.78 is 10.1. The van der Waals surface area contributed by atoms with E-state index in [1.807, 2.05) is 0 Å². The summed E-state index contributed by atoms with van der Waals surface area (Å²) in [5.41, 5.74) is 7.41. The quantitative estimate of drug-likeness (QED) is 0.632. The number of amides is 2.